The van der Waals surface area contributed by atoms with Crippen LogP contribution in [0.4, 0.5) is 10.5 Å². The van der Waals surface area contributed by atoms with Crippen LogP contribution in [0.25, 0.3) is 15.9 Å². The molecule has 0 aliphatic carbocycles. The Hall–Kier alpha value is -3.10. The summed E-state index contributed by atoms with van der Waals surface area (Å²) in [7, 11) is 3.43. The molecule has 0 unspecified atom stereocenters. The lowest BCUT2D eigenvalue weighted by Crippen LogP contribution is -2.16. The quantitative estimate of drug-likeness (QED) is 0.434. The first-order chi connectivity index (χ1) is 14.4. The molecule has 2 heterocycles. The lowest BCUT2D eigenvalue weighted by atomic mass is 10.3. The molecule has 0 radical (unpaired) electrons. The van der Waals surface area contributed by atoms with Gasteiger partial charge in [-0.3, -0.25) is 9.59 Å². The van der Waals surface area contributed by atoms with Gasteiger partial charge in [0.1, 0.15) is 4.83 Å². The van der Waals surface area contributed by atoms with Crippen molar-refractivity contribution >= 4 is 50.1 Å². The summed E-state index contributed by atoms with van der Waals surface area (Å²) in [5, 5.41) is 8.47. The number of fused-ring (bicyclic) bond motifs is 1. The smallest absolute Gasteiger partial charge is 0.285 e. The highest BCUT2D eigenvalue weighted by Gasteiger charge is 2.17. The summed E-state index contributed by atoms with van der Waals surface area (Å²) in [6.07, 6.45) is 0. The van der Waals surface area contributed by atoms with Crippen LogP contribution in [0.2, 0.25) is 0 Å². The van der Waals surface area contributed by atoms with E-state index in [2.05, 4.69) is 10.4 Å². The number of anilines is 1. The van der Waals surface area contributed by atoms with E-state index in [1.165, 1.54) is 16.2 Å². The van der Waals surface area contributed by atoms with E-state index < -0.39 is 0 Å². The van der Waals surface area contributed by atoms with Crippen LogP contribution in [0.15, 0.2) is 65.6 Å². The van der Waals surface area contributed by atoms with Gasteiger partial charge < -0.3 is 10.2 Å². The van der Waals surface area contributed by atoms with Gasteiger partial charge in [0.25, 0.3) is 11.1 Å². The Morgan fingerprint density at radius 3 is 2.43 bits per heavy atom. The van der Waals surface area contributed by atoms with Crippen molar-refractivity contribution in [3.8, 4) is 5.69 Å². The molecule has 0 aliphatic heterocycles. The normalized spacial score (nSPS) is 10.9. The van der Waals surface area contributed by atoms with Crippen molar-refractivity contribution in [1.82, 2.24) is 14.7 Å². The first kappa shape index (κ1) is 20.2. The van der Waals surface area contributed by atoms with Gasteiger partial charge in [0, 0.05) is 30.1 Å². The van der Waals surface area contributed by atoms with Crippen molar-refractivity contribution in [2.24, 2.45) is 0 Å². The summed E-state index contributed by atoms with van der Waals surface area (Å²) < 4.78 is 1.87. The summed E-state index contributed by atoms with van der Waals surface area (Å²) in [4.78, 5) is 28.5. The third kappa shape index (κ3) is 4.10. The van der Waals surface area contributed by atoms with E-state index in [4.69, 9.17) is 0 Å². The maximum atomic E-state index is 12.8. The molecule has 0 bridgehead atoms. The molecule has 0 spiro atoms. The number of hydrogen-bond acceptors (Lipinski definition) is 5. The molecular formula is C22H20N4O2S2. The third-order valence-corrected chi connectivity index (χ3v) is 6.61. The molecular weight excluding hydrogens is 416 g/mol. The number of benzene rings is 2. The van der Waals surface area contributed by atoms with Crippen molar-refractivity contribution in [2.45, 2.75) is 11.8 Å². The van der Waals surface area contributed by atoms with Crippen LogP contribution < -0.4 is 5.32 Å². The molecule has 4 aromatic rings. The number of hydrogen-bond donors (Lipinski definition) is 1. The predicted octanol–water partition coefficient (Wildman–Crippen LogP) is 5.42. The fourth-order valence-corrected chi connectivity index (χ4v) is 4.63. The summed E-state index contributed by atoms with van der Waals surface area (Å²) in [5.74, 6) is -0.167. The first-order valence-corrected chi connectivity index (χ1v) is 10.9. The standard InChI is InChI=1S/C22H20N4O2S2/c1-14-18-13-19(30-21(18)26(24-14)16-7-5-4-6-8-16)20(27)23-15-9-11-17(12-10-15)29-22(28)25(2)3/h4-13H,1-3H3,(H,23,27). The SMILES string of the molecule is Cc1nn(-c2ccccc2)c2sc(C(=O)Nc3ccc(SC(=O)N(C)C)cc3)cc12. The zero-order valence-corrected chi connectivity index (χ0v) is 18.4. The highest BCUT2D eigenvalue weighted by Crippen LogP contribution is 2.31. The van der Waals surface area contributed by atoms with Gasteiger partial charge in [-0.1, -0.05) is 18.2 Å². The maximum Gasteiger partial charge on any atom is 0.285 e. The number of para-hydroxylation sites is 1. The maximum absolute atomic E-state index is 12.8. The Morgan fingerprint density at radius 1 is 1.07 bits per heavy atom. The van der Waals surface area contributed by atoms with Gasteiger partial charge in [0.15, 0.2) is 0 Å². The second-order valence-electron chi connectivity index (χ2n) is 6.90. The van der Waals surface area contributed by atoms with Crippen LogP contribution in [0.5, 0.6) is 0 Å². The van der Waals surface area contributed by atoms with E-state index in [9.17, 15) is 9.59 Å². The highest BCUT2D eigenvalue weighted by atomic mass is 32.2. The number of rotatable bonds is 4. The van der Waals surface area contributed by atoms with E-state index in [0.29, 0.717) is 10.6 Å². The number of thiophene rings is 1. The van der Waals surface area contributed by atoms with Crippen molar-refractivity contribution in [3.05, 3.63) is 71.2 Å². The van der Waals surface area contributed by atoms with Crippen LogP contribution >= 0.6 is 23.1 Å². The molecule has 4 rings (SSSR count). The highest BCUT2D eigenvalue weighted by molar-refractivity contribution is 8.13. The van der Waals surface area contributed by atoms with E-state index in [-0.39, 0.29) is 11.1 Å². The number of aromatic nitrogens is 2. The molecule has 0 aliphatic rings. The number of nitrogens with zero attached hydrogens (tertiary/aromatic N) is 3. The van der Waals surface area contributed by atoms with Gasteiger partial charge >= 0.3 is 0 Å². The summed E-state index contributed by atoms with van der Waals surface area (Å²) in [6.45, 7) is 1.95. The van der Waals surface area contributed by atoms with E-state index in [0.717, 1.165) is 38.3 Å². The van der Waals surface area contributed by atoms with Crippen molar-refractivity contribution in [2.75, 3.05) is 19.4 Å². The molecule has 1 N–H and O–H groups in total. The lowest BCUT2D eigenvalue weighted by Gasteiger charge is -2.09. The molecule has 30 heavy (non-hydrogen) atoms. The number of carbonyl (C=O) groups is 2. The third-order valence-electron chi connectivity index (χ3n) is 4.45. The Balaban J connectivity index is 1.53. The van der Waals surface area contributed by atoms with E-state index in [1.54, 1.807) is 26.2 Å². The zero-order chi connectivity index (χ0) is 21.3. The Bertz CT molecular complexity index is 1210. The van der Waals surface area contributed by atoms with E-state index >= 15 is 0 Å². The van der Waals surface area contributed by atoms with Crippen LogP contribution in [0.3, 0.4) is 0 Å². The fraction of sp³-hybridized carbons (Fsp3) is 0.136. The minimum absolute atomic E-state index is 0.0418. The summed E-state index contributed by atoms with van der Waals surface area (Å²) >= 11 is 2.56. The van der Waals surface area contributed by atoms with Gasteiger partial charge in [-0.05, 0) is 61.2 Å². The van der Waals surface area contributed by atoms with Gasteiger partial charge in [-0.2, -0.15) is 5.10 Å². The minimum atomic E-state index is -0.167. The van der Waals surface area contributed by atoms with Gasteiger partial charge in [-0.25, -0.2) is 4.68 Å². The monoisotopic (exact) mass is 436 g/mol. The molecule has 152 valence electrons. The second kappa shape index (κ2) is 8.33. The molecule has 6 nitrogen and oxygen atoms in total. The first-order valence-electron chi connectivity index (χ1n) is 9.27. The molecule has 0 atom stereocenters. The van der Waals surface area contributed by atoms with Crippen LogP contribution in [-0.2, 0) is 0 Å². The fourth-order valence-electron chi connectivity index (χ4n) is 2.89. The molecule has 2 aromatic carbocycles. The number of aryl methyl sites for hydroxylation is 1. The molecule has 0 saturated carbocycles. The predicted molar refractivity (Wildman–Crippen MR) is 123 cm³/mol. The van der Waals surface area contributed by atoms with Gasteiger partial charge in [0.2, 0.25) is 0 Å². The topological polar surface area (TPSA) is 67.2 Å². The lowest BCUT2D eigenvalue weighted by molar-refractivity contribution is 0.103. The molecule has 2 amide bonds. The number of thioether (sulfide) groups is 1. The van der Waals surface area contributed by atoms with Crippen LogP contribution in [0.1, 0.15) is 15.4 Å². The van der Waals surface area contributed by atoms with Crippen molar-refractivity contribution < 1.29 is 9.59 Å². The number of nitrogens with one attached hydrogen (secondary N) is 1. The average Bonchev–Trinajstić information content (AvgIpc) is 3.31. The molecule has 8 heteroatoms. The molecule has 0 saturated heterocycles. The summed E-state index contributed by atoms with van der Waals surface area (Å²) in [5.41, 5.74) is 2.53. The Labute approximate surface area is 182 Å². The zero-order valence-electron chi connectivity index (χ0n) is 16.7. The van der Waals surface area contributed by atoms with Gasteiger partial charge in [-0.15, -0.1) is 11.3 Å². The molecule has 0 fully saturated rings. The summed E-state index contributed by atoms with van der Waals surface area (Å²) in [6, 6.07) is 19.0. The molecule has 2 aromatic heterocycles. The average molecular weight is 437 g/mol. The number of amides is 2. The number of carbonyl (C=O) groups excluding carboxylic acids is 2. The van der Waals surface area contributed by atoms with Crippen LogP contribution in [0, 0.1) is 6.92 Å². The Morgan fingerprint density at radius 2 is 1.77 bits per heavy atom. The second-order valence-corrected chi connectivity index (χ2v) is 8.96. The minimum Gasteiger partial charge on any atom is -0.339 e. The van der Waals surface area contributed by atoms with Crippen molar-refractivity contribution in [3.63, 3.8) is 0 Å². The largest absolute Gasteiger partial charge is 0.339 e. The Kier molecular flexibility index (Phi) is 5.61. The van der Waals surface area contributed by atoms with E-state index in [1.807, 2.05) is 60.1 Å². The van der Waals surface area contributed by atoms with Crippen LogP contribution in [-0.4, -0.2) is 39.9 Å². The van der Waals surface area contributed by atoms with Gasteiger partial charge in [0.05, 0.1) is 16.3 Å². The van der Waals surface area contributed by atoms with Crippen molar-refractivity contribution in [1.29, 1.82) is 0 Å².